The summed E-state index contributed by atoms with van der Waals surface area (Å²) in [7, 11) is 0. The molecule has 2 aromatic rings. The minimum Gasteiger partial charge on any atom is -0.343 e. The molecule has 3 heterocycles. The van der Waals surface area contributed by atoms with Crippen LogP contribution in [0.2, 0.25) is 0 Å². The summed E-state index contributed by atoms with van der Waals surface area (Å²) < 4.78 is 4.09. The minimum absolute atomic E-state index is 0.0559. The second-order valence-corrected chi connectivity index (χ2v) is 11.9. The van der Waals surface area contributed by atoms with E-state index in [0.29, 0.717) is 24.5 Å². The highest BCUT2D eigenvalue weighted by Gasteiger charge is 2.41. The van der Waals surface area contributed by atoms with E-state index < -0.39 is 18.1 Å². The molecule has 3 amide bonds. The Morgan fingerprint density at radius 1 is 1.07 bits per heavy atom. The fraction of sp³-hybridized carbons (Fsp3) is 0.533. The van der Waals surface area contributed by atoms with E-state index in [9.17, 15) is 14.4 Å². The van der Waals surface area contributed by atoms with E-state index in [4.69, 9.17) is 0 Å². The van der Waals surface area contributed by atoms with Gasteiger partial charge >= 0.3 is 0 Å². The van der Waals surface area contributed by atoms with Crippen LogP contribution >= 0.6 is 11.5 Å². The van der Waals surface area contributed by atoms with Gasteiger partial charge in [-0.2, -0.15) is 0 Å². The van der Waals surface area contributed by atoms with Crippen molar-refractivity contribution >= 4 is 34.3 Å². The van der Waals surface area contributed by atoms with E-state index >= 15 is 0 Å². The maximum atomic E-state index is 14.1. The van der Waals surface area contributed by atoms with Crippen molar-refractivity contribution in [3.05, 3.63) is 60.1 Å². The van der Waals surface area contributed by atoms with Crippen molar-refractivity contribution < 1.29 is 14.4 Å². The Bertz CT molecular complexity index is 1260. The maximum absolute atomic E-state index is 14.1. The second kappa shape index (κ2) is 14.0. The van der Waals surface area contributed by atoms with Gasteiger partial charge in [0.1, 0.15) is 22.8 Å². The molecule has 11 heteroatoms. The number of pyridine rings is 1. The predicted molar refractivity (Wildman–Crippen MR) is 158 cm³/mol. The molecular formula is C30H39N7O3S. The van der Waals surface area contributed by atoms with Gasteiger partial charge in [0, 0.05) is 42.9 Å². The molecule has 4 atom stereocenters. The van der Waals surface area contributed by atoms with Crippen LogP contribution in [-0.2, 0) is 20.9 Å². The minimum atomic E-state index is -0.652. The summed E-state index contributed by atoms with van der Waals surface area (Å²) in [5.74, 6) is -0.472. The van der Waals surface area contributed by atoms with Crippen LogP contribution in [0.4, 0.5) is 5.00 Å². The van der Waals surface area contributed by atoms with E-state index in [1.165, 1.54) is 0 Å². The van der Waals surface area contributed by atoms with Crippen molar-refractivity contribution in [3.63, 3.8) is 0 Å². The van der Waals surface area contributed by atoms with Crippen LogP contribution in [-0.4, -0.2) is 61.9 Å². The lowest BCUT2D eigenvalue weighted by atomic mass is 9.83. The number of rotatable bonds is 10. The lowest BCUT2D eigenvalue weighted by molar-refractivity contribution is -0.142. The lowest BCUT2D eigenvalue weighted by Gasteiger charge is -2.35. The molecule has 3 aliphatic rings. The Hall–Kier alpha value is -3.44. The molecule has 218 valence electrons. The highest BCUT2D eigenvalue weighted by molar-refractivity contribution is 7.10. The number of anilines is 1. The first-order chi connectivity index (χ1) is 20.0. The third-order valence-electron chi connectivity index (χ3n) is 8.36. The van der Waals surface area contributed by atoms with Gasteiger partial charge in [0.2, 0.25) is 17.7 Å². The number of amides is 3. The van der Waals surface area contributed by atoms with Crippen molar-refractivity contribution in [1.29, 1.82) is 0 Å². The summed E-state index contributed by atoms with van der Waals surface area (Å²) in [6.45, 7) is 2.83. The Labute approximate surface area is 245 Å². The summed E-state index contributed by atoms with van der Waals surface area (Å²) in [5.41, 5.74) is 1.78. The van der Waals surface area contributed by atoms with Gasteiger partial charge in [-0.05, 0) is 62.6 Å². The van der Waals surface area contributed by atoms with Gasteiger partial charge < -0.3 is 20.9 Å². The van der Waals surface area contributed by atoms with Crippen molar-refractivity contribution in [1.82, 2.24) is 30.1 Å². The van der Waals surface area contributed by atoms with E-state index in [0.717, 1.165) is 67.7 Å². The molecule has 2 fully saturated rings. The monoisotopic (exact) mass is 577 g/mol. The number of hydrogen-bond donors (Lipinski definition) is 3. The maximum Gasteiger partial charge on any atom is 0.247 e. The van der Waals surface area contributed by atoms with Gasteiger partial charge in [-0.3, -0.25) is 19.4 Å². The van der Waals surface area contributed by atoms with Gasteiger partial charge in [-0.1, -0.05) is 48.1 Å². The smallest absolute Gasteiger partial charge is 0.247 e. The molecule has 0 bridgehead atoms. The molecule has 2 aromatic heterocycles. The molecule has 0 aromatic carbocycles. The average molecular weight is 578 g/mol. The van der Waals surface area contributed by atoms with E-state index in [1.54, 1.807) is 17.3 Å². The molecule has 2 unspecified atom stereocenters. The van der Waals surface area contributed by atoms with Crippen LogP contribution in [0.1, 0.15) is 75.5 Å². The zero-order valence-corrected chi connectivity index (χ0v) is 24.3. The van der Waals surface area contributed by atoms with E-state index in [1.807, 2.05) is 31.2 Å². The summed E-state index contributed by atoms with van der Waals surface area (Å²) in [4.78, 5) is 46.6. The van der Waals surface area contributed by atoms with Crippen LogP contribution in [0.25, 0.3) is 0 Å². The largest absolute Gasteiger partial charge is 0.343 e. The Morgan fingerprint density at radius 3 is 2.63 bits per heavy atom. The molecule has 41 heavy (non-hydrogen) atoms. The topological polar surface area (TPSA) is 129 Å². The number of nitrogens with zero attached hydrogens (tertiary/aromatic N) is 4. The van der Waals surface area contributed by atoms with Crippen molar-refractivity contribution in [2.45, 2.75) is 88.9 Å². The van der Waals surface area contributed by atoms with Gasteiger partial charge in [-0.25, -0.2) is 0 Å². The Balaban J connectivity index is 1.25. The zero-order chi connectivity index (χ0) is 28.6. The first-order valence-corrected chi connectivity index (χ1v) is 15.5. The summed E-state index contributed by atoms with van der Waals surface area (Å²) in [6.07, 6.45) is 18.7. The number of nitrogens with one attached hydrogen (secondary N) is 3. The van der Waals surface area contributed by atoms with Gasteiger partial charge in [0.05, 0.1) is 6.04 Å². The highest BCUT2D eigenvalue weighted by Crippen LogP contribution is 2.33. The standard InChI is InChI=1S/C30H39N7O3S/c1-20(32-19-21-14-16-31-17-15-21)27(38)33-26(23-11-6-3-7-12-23)30(40)37-18-8-13-24(37)28(39)34-29-25(35-36-41-29)22-9-4-2-5-10-22/h2,4-5,9,14-17,20,22-24,26,32H,3,6-8,10-13,18-19H2,1H3,(H,33,38)(H,34,39)/t20?,22?,24-,26-/m0/s1. The van der Waals surface area contributed by atoms with Crippen molar-refractivity contribution in [3.8, 4) is 0 Å². The summed E-state index contributed by atoms with van der Waals surface area (Å²) >= 11 is 1.16. The van der Waals surface area contributed by atoms with Gasteiger partial charge in [-0.15, -0.1) is 5.10 Å². The average Bonchev–Trinajstić information content (AvgIpc) is 3.70. The van der Waals surface area contributed by atoms with Crippen LogP contribution in [0, 0.1) is 5.92 Å². The predicted octanol–water partition coefficient (Wildman–Crippen LogP) is 3.71. The number of likely N-dealkylation sites (tertiary alicyclic amines) is 1. The molecular weight excluding hydrogens is 538 g/mol. The molecule has 10 nitrogen and oxygen atoms in total. The SMILES string of the molecule is CC(NCc1ccncc1)C(=O)N[C@H](C(=O)N1CCC[C@H]1C(=O)Nc1snnc1C1C=CC=CC1)C1CCCCC1. The number of allylic oxidation sites excluding steroid dienone is 4. The zero-order valence-electron chi connectivity index (χ0n) is 23.5. The normalized spacial score (nSPS) is 22.3. The van der Waals surface area contributed by atoms with Crippen molar-refractivity contribution in [2.24, 2.45) is 5.92 Å². The summed E-state index contributed by atoms with van der Waals surface area (Å²) in [5, 5.41) is 14.3. The van der Waals surface area contributed by atoms with Gasteiger partial charge in [0.15, 0.2) is 0 Å². The molecule has 2 aliphatic carbocycles. The molecule has 0 radical (unpaired) electrons. The Morgan fingerprint density at radius 2 is 1.88 bits per heavy atom. The van der Waals surface area contributed by atoms with E-state index in [-0.39, 0.29) is 29.6 Å². The molecule has 0 spiro atoms. The number of hydrogen-bond acceptors (Lipinski definition) is 8. The summed E-state index contributed by atoms with van der Waals surface area (Å²) in [6, 6.07) is 2.07. The molecule has 1 saturated carbocycles. The molecule has 1 saturated heterocycles. The fourth-order valence-electron chi connectivity index (χ4n) is 5.98. The van der Waals surface area contributed by atoms with Crippen LogP contribution in [0.15, 0.2) is 48.8 Å². The first kappa shape index (κ1) is 29.1. The fourth-order valence-corrected chi connectivity index (χ4v) is 6.62. The molecule has 3 N–H and O–H groups in total. The van der Waals surface area contributed by atoms with E-state index in [2.05, 4.69) is 42.7 Å². The third-order valence-corrected chi connectivity index (χ3v) is 9.02. The number of carbonyl (C=O) groups is 3. The van der Waals surface area contributed by atoms with Crippen LogP contribution in [0.3, 0.4) is 0 Å². The lowest BCUT2D eigenvalue weighted by Crippen LogP contribution is -2.57. The van der Waals surface area contributed by atoms with Crippen molar-refractivity contribution in [2.75, 3.05) is 11.9 Å². The second-order valence-electron chi connectivity index (χ2n) is 11.2. The molecule has 5 rings (SSSR count). The highest BCUT2D eigenvalue weighted by atomic mass is 32.1. The van der Waals surface area contributed by atoms with Gasteiger partial charge in [0.25, 0.3) is 0 Å². The number of aromatic nitrogens is 3. The quantitative estimate of drug-likeness (QED) is 0.393. The third kappa shape index (κ3) is 7.26. The molecule has 1 aliphatic heterocycles. The van der Waals surface area contributed by atoms with Crippen LogP contribution < -0.4 is 16.0 Å². The first-order valence-electron chi connectivity index (χ1n) is 14.7. The Kier molecular flexibility index (Phi) is 9.89. The van der Waals surface area contributed by atoms with Crippen LogP contribution in [0.5, 0.6) is 0 Å². The number of carbonyl (C=O) groups excluding carboxylic acids is 3.